The average Bonchev–Trinajstić information content (AvgIpc) is 3.12. The first kappa shape index (κ1) is 10.5. The number of aromatic nitrogens is 2. The molecule has 0 atom stereocenters. The SMILES string of the molecule is Cc1nc(NC2CC2)cc(C(=O)NC2CC2)n1. The van der Waals surface area contributed by atoms with Crippen LogP contribution in [0.2, 0.25) is 0 Å². The Labute approximate surface area is 100 Å². The first-order valence-electron chi connectivity index (χ1n) is 6.14. The van der Waals surface area contributed by atoms with Gasteiger partial charge in [0.2, 0.25) is 0 Å². The van der Waals surface area contributed by atoms with Crippen molar-refractivity contribution in [3.05, 3.63) is 17.6 Å². The molecule has 2 saturated carbocycles. The van der Waals surface area contributed by atoms with Crippen LogP contribution in [0.15, 0.2) is 6.07 Å². The third kappa shape index (κ3) is 2.72. The number of hydrogen-bond donors (Lipinski definition) is 2. The van der Waals surface area contributed by atoms with Gasteiger partial charge in [-0.2, -0.15) is 0 Å². The number of nitrogens with one attached hydrogen (secondary N) is 2. The fourth-order valence-electron chi connectivity index (χ4n) is 1.68. The van der Waals surface area contributed by atoms with Crippen molar-refractivity contribution in [3.8, 4) is 0 Å². The molecule has 5 nitrogen and oxygen atoms in total. The third-order valence-electron chi connectivity index (χ3n) is 2.91. The molecule has 0 radical (unpaired) electrons. The smallest absolute Gasteiger partial charge is 0.270 e. The van der Waals surface area contributed by atoms with Crippen molar-refractivity contribution in [2.24, 2.45) is 0 Å². The molecule has 5 heteroatoms. The van der Waals surface area contributed by atoms with E-state index in [1.807, 2.05) is 6.92 Å². The van der Waals surface area contributed by atoms with Crippen LogP contribution in [0.25, 0.3) is 0 Å². The lowest BCUT2D eigenvalue weighted by atomic mass is 10.3. The number of hydrogen-bond acceptors (Lipinski definition) is 4. The molecule has 0 aliphatic heterocycles. The molecule has 3 rings (SSSR count). The molecule has 0 spiro atoms. The number of rotatable bonds is 4. The van der Waals surface area contributed by atoms with Crippen molar-refractivity contribution < 1.29 is 4.79 Å². The monoisotopic (exact) mass is 232 g/mol. The highest BCUT2D eigenvalue weighted by molar-refractivity contribution is 5.93. The van der Waals surface area contributed by atoms with Gasteiger partial charge in [-0.05, 0) is 32.6 Å². The Morgan fingerprint density at radius 3 is 2.59 bits per heavy atom. The van der Waals surface area contributed by atoms with E-state index >= 15 is 0 Å². The van der Waals surface area contributed by atoms with Gasteiger partial charge in [0.05, 0.1) is 0 Å². The summed E-state index contributed by atoms with van der Waals surface area (Å²) in [6.45, 7) is 1.81. The summed E-state index contributed by atoms with van der Waals surface area (Å²) < 4.78 is 0. The van der Waals surface area contributed by atoms with E-state index in [1.54, 1.807) is 6.07 Å². The van der Waals surface area contributed by atoms with Gasteiger partial charge in [0.15, 0.2) is 0 Å². The number of aryl methyl sites for hydroxylation is 1. The second kappa shape index (κ2) is 3.98. The van der Waals surface area contributed by atoms with Crippen LogP contribution in [0.1, 0.15) is 42.0 Å². The molecule has 2 N–H and O–H groups in total. The highest BCUT2D eigenvalue weighted by Gasteiger charge is 2.25. The second-order valence-corrected chi connectivity index (χ2v) is 4.85. The van der Waals surface area contributed by atoms with Gasteiger partial charge in [0.25, 0.3) is 5.91 Å². The van der Waals surface area contributed by atoms with Crippen LogP contribution in [0.5, 0.6) is 0 Å². The lowest BCUT2D eigenvalue weighted by Gasteiger charge is -2.07. The zero-order valence-electron chi connectivity index (χ0n) is 9.86. The molecule has 1 amide bonds. The van der Waals surface area contributed by atoms with E-state index in [0.717, 1.165) is 18.7 Å². The first-order chi connectivity index (χ1) is 8.20. The predicted octanol–water partition coefficient (Wildman–Crippen LogP) is 1.25. The van der Waals surface area contributed by atoms with Gasteiger partial charge in [-0.25, -0.2) is 9.97 Å². The van der Waals surface area contributed by atoms with E-state index in [4.69, 9.17) is 0 Å². The van der Waals surface area contributed by atoms with Gasteiger partial charge in [-0.1, -0.05) is 0 Å². The average molecular weight is 232 g/mol. The number of anilines is 1. The van der Waals surface area contributed by atoms with E-state index in [-0.39, 0.29) is 5.91 Å². The number of carbonyl (C=O) groups excluding carboxylic acids is 1. The molecular weight excluding hydrogens is 216 g/mol. The molecule has 0 saturated heterocycles. The molecule has 2 aliphatic carbocycles. The maximum atomic E-state index is 11.9. The Kier molecular flexibility index (Phi) is 2.46. The summed E-state index contributed by atoms with van der Waals surface area (Å²) in [5.74, 6) is 1.31. The lowest BCUT2D eigenvalue weighted by Crippen LogP contribution is -2.26. The minimum atomic E-state index is -0.0863. The zero-order chi connectivity index (χ0) is 11.8. The highest BCUT2D eigenvalue weighted by Crippen LogP contribution is 2.24. The Balaban J connectivity index is 1.76. The van der Waals surface area contributed by atoms with E-state index < -0.39 is 0 Å². The van der Waals surface area contributed by atoms with Crippen molar-refractivity contribution >= 4 is 11.7 Å². The van der Waals surface area contributed by atoms with Gasteiger partial charge in [0.1, 0.15) is 17.3 Å². The van der Waals surface area contributed by atoms with Crippen LogP contribution >= 0.6 is 0 Å². The maximum Gasteiger partial charge on any atom is 0.270 e. The number of carbonyl (C=O) groups is 1. The van der Waals surface area contributed by atoms with Gasteiger partial charge in [0, 0.05) is 18.2 Å². The van der Waals surface area contributed by atoms with E-state index in [2.05, 4.69) is 20.6 Å². The third-order valence-corrected chi connectivity index (χ3v) is 2.91. The molecule has 2 fully saturated rings. The highest BCUT2D eigenvalue weighted by atomic mass is 16.2. The molecule has 90 valence electrons. The first-order valence-corrected chi connectivity index (χ1v) is 6.14. The number of amides is 1. The molecular formula is C12H16N4O. The zero-order valence-corrected chi connectivity index (χ0v) is 9.86. The van der Waals surface area contributed by atoms with E-state index in [0.29, 0.717) is 23.6 Å². The van der Waals surface area contributed by atoms with Crippen molar-refractivity contribution in [2.75, 3.05) is 5.32 Å². The Bertz CT molecular complexity index is 452. The normalized spacial score (nSPS) is 18.9. The summed E-state index contributed by atoms with van der Waals surface area (Å²) in [5.41, 5.74) is 0.465. The molecule has 0 unspecified atom stereocenters. The summed E-state index contributed by atoms with van der Waals surface area (Å²) in [5, 5.41) is 6.23. The van der Waals surface area contributed by atoms with E-state index in [1.165, 1.54) is 12.8 Å². The van der Waals surface area contributed by atoms with Gasteiger partial charge in [-0.15, -0.1) is 0 Å². The Morgan fingerprint density at radius 2 is 1.94 bits per heavy atom. The Morgan fingerprint density at radius 1 is 1.24 bits per heavy atom. The lowest BCUT2D eigenvalue weighted by molar-refractivity contribution is 0.0945. The second-order valence-electron chi connectivity index (χ2n) is 4.85. The molecule has 2 aliphatic rings. The van der Waals surface area contributed by atoms with Crippen LogP contribution in [-0.2, 0) is 0 Å². The van der Waals surface area contributed by atoms with E-state index in [9.17, 15) is 4.79 Å². The standard InChI is InChI=1S/C12H16N4O/c1-7-13-10(12(17)16-9-4-5-9)6-11(14-7)15-8-2-3-8/h6,8-9H,2-5H2,1H3,(H,16,17)(H,13,14,15). The largest absolute Gasteiger partial charge is 0.367 e. The molecule has 0 bridgehead atoms. The molecule has 0 aromatic carbocycles. The van der Waals surface area contributed by atoms with Gasteiger partial charge in [-0.3, -0.25) is 4.79 Å². The van der Waals surface area contributed by atoms with Crippen molar-refractivity contribution in [1.29, 1.82) is 0 Å². The maximum absolute atomic E-state index is 11.9. The fourth-order valence-corrected chi connectivity index (χ4v) is 1.68. The molecule has 1 heterocycles. The predicted molar refractivity (Wildman–Crippen MR) is 63.9 cm³/mol. The van der Waals surface area contributed by atoms with Crippen molar-refractivity contribution in [2.45, 2.75) is 44.7 Å². The summed E-state index contributed by atoms with van der Waals surface area (Å²) in [4.78, 5) is 20.3. The minimum Gasteiger partial charge on any atom is -0.367 e. The fraction of sp³-hybridized carbons (Fsp3) is 0.583. The quantitative estimate of drug-likeness (QED) is 0.820. The van der Waals surface area contributed by atoms with Crippen LogP contribution in [0.4, 0.5) is 5.82 Å². The van der Waals surface area contributed by atoms with Gasteiger partial charge >= 0.3 is 0 Å². The van der Waals surface area contributed by atoms with Crippen LogP contribution < -0.4 is 10.6 Å². The molecule has 1 aromatic heterocycles. The minimum absolute atomic E-state index is 0.0863. The van der Waals surface area contributed by atoms with Crippen molar-refractivity contribution in [3.63, 3.8) is 0 Å². The number of nitrogens with zero attached hydrogens (tertiary/aromatic N) is 2. The molecule has 1 aromatic rings. The van der Waals surface area contributed by atoms with Crippen LogP contribution in [-0.4, -0.2) is 28.0 Å². The topological polar surface area (TPSA) is 66.9 Å². The Hall–Kier alpha value is -1.65. The summed E-state index contributed by atoms with van der Waals surface area (Å²) in [6.07, 6.45) is 4.55. The van der Waals surface area contributed by atoms with Crippen molar-refractivity contribution in [1.82, 2.24) is 15.3 Å². The summed E-state index contributed by atoms with van der Waals surface area (Å²) >= 11 is 0. The molecule has 17 heavy (non-hydrogen) atoms. The summed E-state index contributed by atoms with van der Waals surface area (Å²) in [7, 11) is 0. The van der Waals surface area contributed by atoms with Gasteiger partial charge < -0.3 is 10.6 Å². The summed E-state index contributed by atoms with van der Waals surface area (Å²) in [6, 6.07) is 2.63. The van der Waals surface area contributed by atoms with Crippen LogP contribution in [0.3, 0.4) is 0 Å². The van der Waals surface area contributed by atoms with Crippen LogP contribution in [0, 0.1) is 6.92 Å².